The molecular formula is C30H30ClFN2O5. The fourth-order valence-corrected chi connectivity index (χ4v) is 5.49. The van der Waals surface area contributed by atoms with Crippen LogP contribution >= 0.6 is 11.6 Å². The van der Waals surface area contributed by atoms with Crippen LogP contribution in [0.3, 0.4) is 0 Å². The Kier molecular flexibility index (Phi) is 7.66. The van der Waals surface area contributed by atoms with Crippen LogP contribution in [0.1, 0.15) is 41.6 Å². The highest BCUT2D eigenvalue weighted by Gasteiger charge is 2.38. The molecule has 0 spiro atoms. The van der Waals surface area contributed by atoms with Crippen molar-refractivity contribution in [1.29, 1.82) is 0 Å². The summed E-state index contributed by atoms with van der Waals surface area (Å²) in [6.07, 6.45) is 0.371. The largest absolute Gasteiger partial charge is 0.497 e. The van der Waals surface area contributed by atoms with Gasteiger partial charge in [0.2, 0.25) is 11.8 Å². The number of carbonyl (C=O) groups excluding carboxylic acids is 1. The second-order valence-electron chi connectivity index (χ2n) is 9.54. The van der Waals surface area contributed by atoms with E-state index in [1.165, 1.54) is 6.07 Å². The third-order valence-corrected chi connectivity index (χ3v) is 7.64. The first-order valence-corrected chi connectivity index (χ1v) is 13.1. The first-order valence-electron chi connectivity index (χ1n) is 12.7. The molecule has 0 N–H and O–H groups in total. The predicted molar refractivity (Wildman–Crippen MR) is 147 cm³/mol. The number of hydrogen-bond acceptors (Lipinski definition) is 6. The van der Waals surface area contributed by atoms with E-state index in [0.29, 0.717) is 30.4 Å². The number of amides is 1. The van der Waals surface area contributed by atoms with E-state index in [4.69, 9.17) is 35.5 Å². The summed E-state index contributed by atoms with van der Waals surface area (Å²) in [4.78, 5) is 20.3. The fourth-order valence-electron chi connectivity index (χ4n) is 5.22. The highest BCUT2D eigenvalue weighted by molar-refractivity contribution is 6.31. The number of aliphatic imine (C=N–C) groups is 1. The van der Waals surface area contributed by atoms with Gasteiger partial charge in [0, 0.05) is 22.7 Å². The Hall–Kier alpha value is -3.78. The third kappa shape index (κ3) is 5.13. The van der Waals surface area contributed by atoms with Crippen LogP contribution in [0.4, 0.5) is 4.39 Å². The molecule has 3 atom stereocenters. The van der Waals surface area contributed by atoms with E-state index in [-0.39, 0.29) is 29.0 Å². The molecule has 2 aliphatic rings. The number of fused-ring (bicyclic) bond motifs is 1. The zero-order valence-electron chi connectivity index (χ0n) is 22.2. The molecule has 0 aliphatic carbocycles. The lowest BCUT2D eigenvalue weighted by Crippen LogP contribution is -2.42. The molecule has 0 aromatic heterocycles. The number of hydrogen-bond donors (Lipinski definition) is 0. The minimum atomic E-state index is -0.738. The van der Waals surface area contributed by atoms with Crippen LogP contribution in [0.2, 0.25) is 5.02 Å². The molecule has 3 aromatic rings. The molecule has 0 fully saturated rings. The van der Waals surface area contributed by atoms with Crippen molar-refractivity contribution in [2.75, 3.05) is 27.9 Å². The molecule has 0 saturated heterocycles. The van der Waals surface area contributed by atoms with Crippen molar-refractivity contribution in [3.05, 3.63) is 87.7 Å². The number of nitrogens with zero attached hydrogens (tertiary/aromatic N) is 2. The topological polar surface area (TPSA) is 69.6 Å². The molecule has 2 aliphatic heterocycles. The third-order valence-electron chi connectivity index (χ3n) is 7.31. The normalized spacial score (nSPS) is 20.1. The van der Waals surface area contributed by atoms with Gasteiger partial charge in [-0.2, -0.15) is 0 Å². The second kappa shape index (κ2) is 11.1. The van der Waals surface area contributed by atoms with Gasteiger partial charge in [0.1, 0.15) is 17.7 Å². The van der Waals surface area contributed by atoms with Gasteiger partial charge in [-0.3, -0.25) is 4.79 Å². The Morgan fingerprint density at radius 3 is 2.46 bits per heavy atom. The van der Waals surface area contributed by atoms with Gasteiger partial charge in [0.05, 0.1) is 39.8 Å². The van der Waals surface area contributed by atoms with Gasteiger partial charge >= 0.3 is 0 Å². The second-order valence-corrected chi connectivity index (χ2v) is 9.95. The Morgan fingerprint density at radius 1 is 1.08 bits per heavy atom. The molecule has 39 heavy (non-hydrogen) atoms. The highest BCUT2D eigenvalue weighted by Crippen LogP contribution is 2.44. The van der Waals surface area contributed by atoms with E-state index in [0.717, 1.165) is 22.4 Å². The molecule has 204 valence electrons. The summed E-state index contributed by atoms with van der Waals surface area (Å²) in [5.74, 6) is 1.64. The van der Waals surface area contributed by atoms with Crippen molar-refractivity contribution in [2.45, 2.75) is 38.0 Å². The van der Waals surface area contributed by atoms with Crippen molar-refractivity contribution < 1.29 is 28.1 Å². The maximum Gasteiger partial charge on any atom is 0.225 e. The van der Waals surface area contributed by atoms with Gasteiger partial charge in [-0.05, 0) is 73.0 Å². The number of benzene rings is 3. The van der Waals surface area contributed by atoms with Crippen LogP contribution in [0, 0.1) is 5.82 Å². The van der Waals surface area contributed by atoms with Crippen molar-refractivity contribution in [3.8, 4) is 17.2 Å². The fraction of sp³-hybridized carbons (Fsp3) is 0.333. The van der Waals surface area contributed by atoms with Crippen molar-refractivity contribution in [3.63, 3.8) is 0 Å². The average molecular weight is 553 g/mol. The average Bonchev–Trinajstić information content (AvgIpc) is 3.31. The smallest absolute Gasteiger partial charge is 0.225 e. The maximum absolute atomic E-state index is 15.3. The lowest BCUT2D eigenvalue weighted by molar-refractivity contribution is -0.134. The van der Waals surface area contributed by atoms with Crippen molar-refractivity contribution in [2.24, 2.45) is 4.99 Å². The number of halogens is 2. The molecule has 0 radical (unpaired) electrons. The lowest BCUT2D eigenvalue weighted by atomic mass is 9.86. The van der Waals surface area contributed by atoms with Crippen LogP contribution in [0.15, 0.2) is 59.6 Å². The summed E-state index contributed by atoms with van der Waals surface area (Å²) >= 11 is 6.55. The van der Waals surface area contributed by atoms with Crippen LogP contribution in [0.25, 0.3) is 0 Å². The number of rotatable bonds is 7. The van der Waals surface area contributed by atoms with E-state index < -0.39 is 17.9 Å². The minimum absolute atomic E-state index is 0.103. The van der Waals surface area contributed by atoms with Crippen LogP contribution in [-0.4, -0.2) is 56.7 Å². The van der Waals surface area contributed by atoms with Gasteiger partial charge in [0.25, 0.3) is 0 Å². The number of ether oxygens (including phenoxy) is 4. The van der Waals surface area contributed by atoms with E-state index in [9.17, 15) is 4.79 Å². The highest BCUT2D eigenvalue weighted by atomic mass is 35.5. The van der Waals surface area contributed by atoms with Gasteiger partial charge in [-0.15, -0.1) is 0 Å². The Balaban J connectivity index is 1.48. The molecule has 5 rings (SSSR count). The van der Waals surface area contributed by atoms with Crippen LogP contribution in [-0.2, 0) is 16.0 Å². The zero-order chi connectivity index (χ0) is 27.7. The summed E-state index contributed by atoms with van der Waals surface area (Å²) in [5, 5.41) is 0.248. The van der Waals surface area contributed by atoms with E-state index in [1.807, 2.05) is 43.3 Å². The Bertz CT molecular complexity index is 1390. The quantitative estimate of drug-likeness (QED) is 0.381. The molecule has 0 unspecified atom stereocenters. The summed E-state index contributed by atoms with van der Waals surface area (Å²) in [7, 11) is 4.72. The molecule has 1 amide bonds. The molecular weight excluding hydrogens is 523 g/mol. The van der Waals surface area contributed by atoms with Crippen LogP contribution in [0.5, 0.6) is 17.2 Å². The maximum atomic E-state index is 15.3. The van der Waals surface area contributed by atoms with Gasteiger partial charge in [-0.25, -0.2) is 9.38 Å². The SMILES string of the molecule is COc1ccc(C2=N[C@H](CC(=O)N3CCc4cc(OC)c(OC)cc4[C@@H]3c3c(F)cccc3Cl)[C@@H](C)O2)cc1. The van der Waals surface area contributed by atoms with E-state index in [2.05, 4.69) is 0 Å². The summed E-state index contributed by atoms with van der Waals surface area (Å²) in [6.45, 7) is 2.28. The molecule has 0 bridgehead atoms. The predicted octanol–water partition coefficient (Wildman–Crippen LogP) is 5.60. The first-order chi connectivity index (χ1) is 18.8. The van der Waals surface area contributed by atoms with Gasteiger partial charge < -0.3 is 23.8 Å². The molecule has 3 aromatic carbocycles. The van der Waals surface area contributed by atoms with E-state index >= 15 is 4.39 Å². The van der Waals surface area contributed by atoms with E-state index in [1.54, 1.807) is 38.4 Å². The lowest BCUT2D eigenvalue weighted by Gasteiger charge is -2.39. The molecule has 7 nitrogen and oxygen atoms in total. The van der Waals surface area contributed by atoms with Crippen molar-refractivity contribution >= 4 is 23.4 Å². The monoisotopic (exact) mass is 552 g/mol. The summed E-state index contributed by atoms with van der Waals surface area (Å²) in [6, 6.07) is 14.5. The van der Waals surface area contributed by atoms with Gasteiger partial charge in [-0.1, -0.05) is 17.7 Å². The summed E-state index contributed by atoms with van der Waals surface area (Å²) < 4.78 is 37.6. The van der Waals surface area contributed by atoms with Crippen molar-refractivity contribution in [1.82, 2.24) is 4.90 Å². The first kappa shape index (κ1) is 26.8. The number of carbonyl (C=O) groups is 1. The summed E-state index contributed by atoms with van der Waals surface area (Å²) in [5.41, 5.74) is 2.75. The molecule has 2 heterocycles. The standard InChI is InChI=1S/C30H30ClFN2O5/c1-17-24(33-30(39-17)18-8-10-20(36-2)11-9-18)16-27(35)34-13-12-19-14-25(37-3)26(38-4)15-21(19)29(34)28-22(31)6-5-7-23(28)32/h5-11,14-15,17,24,29H,12-13,16H2,1-4H3/t17-,24-,29-/m1/s1. The number of methoxy groups -OCH3 is 3. The Morgan fingerprint density at radius 2 is 1.79 bits per heavy atom. The zero-order valence-corrected chi connectivity index (χ0v) is 23.0. The Labute approximate surface area is 232 Å². The van der Waals surface area contributed by atoms with Crippen LogP contribution < -0.4 is 14.2 Å². The van der Waals surface area contributed by atoms with Gasteiger partial charge in [0.15, 0.2) is 11.5 Å². The molecule has 9 heteroatoms. The minimum Gasteiger partial charge on any atom is -0.497 e. The molecule has 0 saturated carbocycles.